The van der Waals surface area contributed by atoms with E-state index in [2.05, 4.69) is 15.5 Å². The number of halogens is 2. The zero-order valence-corrected chi connectivity index (χ0v) is 24.6. The topological polar surface area (TPSA) is 140 Å². The van der Waals surface area contributed by atoms with Gasteiger partial charge in [-0.2, -0.15) is 13.5 Å². The molecule has 0 aliphatic rings. The number of carbonyl (C=O) groups is 1. The monoisotopic (exact) mass is 581 g/mol. The Hall–Kier alpha value is -2.70. The summed E-state index contributed by atoms with van der Waals surface area (Å²) in [6, 6.07) is 15.4. The minimum atomic E-state index is -4.68. The zero-order chi connectivity index (χ0) is 26.9. The second-order valence-corrected chi connectivity index (χ2v) is 10.0. The molecule has 190 valence electrons. The summed E-state index contributed by atoms with van der Waals surface area (Å²) in [6.07, 6.45) is 0. The Morgan fingerprint density at radius 2 is 1.76 bits per heavy atom. The number of carbonyl (C=O) groups excluding carboxylic acids is 1. The second-order valence-electron chi connectivity index (χ2n) is 7.84. The average molecular weight is 582 g/mol. The van der Waals surface area contributed by atoms with E-state index < -0.39 is 26.7 Å². The summed E-state index contributed by atoms with van der Waals surface area (Å²) < 4.78 is 38.7. The number of nitrogens with one attached hydrogen (secondary N) is 1. The van der Waals surface area contributed by atoms with E-state index >= 15 is 0 Å². The van der Waals surface area contributed by atoms with Crippen molar-refractivity contribution in [2.45, 2.75) is 11.8 Å². The number of aryl methyl sites for hydroxylation is 1. The van der Waals surface area contributed by atoms with Crippen molar-refractivity contribution in [3.63, 3.8) is 0 Å². The Kier molecular flexibility index (Phi) is 9.43. The van der Waals surface area contributed by atoms with Crippen LogP contribution >= 0.6 is 23.2 Å². The van der Waals surface area contributed by atoms with E-state index in [1.54, 1.807) is 42.5 Å². The molecule has 38 heavy (non-hydrogen) atoms. The van der Waals surface area contributed by atoms with Crippen LogP contribution in [0.15, 0.2) is 75.8 Å². The fourth-order valence-electron chi connectivity index (χ4n) is 3.76. The van der Waals surface area contributed by atoms with Crippen molar-refractivity contribution >= 4 is 67.1 Å². The first-order chi connectivity index (χ1) is 17.5. The predicted octanol–water partition coefficient (Wildman–Crippen LogP) is 3.46. The number of methoxy groups -OCH3 is 1. The molecule has 13 heteroatoms. The Morgan fingerprint density at radius 3 is 2.45 bits per heavy atom. The molecule has 0 aliphatic heterocycles. The Balaban J connectivity index is 0.00000400. The minimum absolute atomic E-state index is 0. The molecule has 0 saturated carbocycles. The number of benzene rings is 4. The third-order valence-electron chi connectivity index (χ3n) is 5.39. The molecule has 2 N–H and O–H groups in total. The van der Waals surface area contributed by atoms with Gasteiger partial charge < -0.3 is 15.2 Å². The number of ether oxygens (including phenoxy) is 1. The van der Waals surface area contributed by atoms with Crippen LogP contribution in [0.25, 0.3) is 10.8 Å². The van der Waals surface area contributed by atoms with Gasteiger partial charge in [-0.05, 0) is 48.2 Å². The molecule has 0 saturated heterocycles. The van der Waals surface area contributed by atoms with Crippen molar-refractivity contribution in [3.8, 4) is 11.5 Å². The van der Waals surface area contributed by atoms with Crippen LogP contribution in [0.2, 0.25) is 10.0 Å². The van der Waals surface area contributed by atoms with Gasteiger partial charge in [0.15, 0.2) is 0 Å². The van der Waals surface area contributed by atoms with Crippen LogP contribution in [-0.4, -0.2) is 26.0 Å². The number of hydrogen-bond acceptors (Lipinski definition) is 7. The summed E-state index contributed by atoms with van der Waals surface area (Å²) in [7, 11) is -3.25. The van der Waals surface area contributed by atoms with E-state index in [0.29, 0.717) is 16.5 Å². The molecule has 0 fully saturated rings. The molecule has 0 bridgehead atoms. The van der Waals surface area contributed by atoms with E-state index in [0.717, 1.165) is 0 Å². The molecule has 0 atom stereocenters. The maximum atomic E-state index is 13.4. The maximum absolute atomic E-state index is 13.4. The first-order valence-corrected chi connectivity index (χ1v) is 12.8. The van der Waals surface area contributed by atoms with E-state index in [1.807, 2.05) is 0 Å². The molecular formula is C25H18Cl2N3NaO6S. The molecule has 1 amide bonds. The molecule has 0 unspecified atom stereocenters. The van der Waals surface area contributed by atoms with Crippen LogP contribution in [0.1, 0.15) is 15.9 Å². The average Bonchev–Trinajstić information content (AvgIpc) is 2.83. The maximum Gasteiger partial charge on any atom is 1.00 e. The van der Waals surface area contributed by atoms with Gasteiger partial charge in [0.1, 0.15) is 21.4 Å². The van der Waals surface area contributed by atoms with Crippen molar-refractivity contribution in [2.24, 2.45) is 10.2 Å². The molecule has 4 aromatic rings. The first-order valence-electron chi connectivity index (χ1n) is 10.6. The van der Waals surface area contributed by atoms with Gasteiger partial charge in [-0.3, -0.25) is 9.35 Å². The fraction of sp³-hybridized carbons (Fsp3) is 0.0800. The van der Waals surface area contributed by atoms with Gasteiger partial charge >= 0.3 is 29.6 Å². The van der Waals surface area contributed by atoms with Gasteiger partial charge in [0.2, 0.25) is 0 Å². The van der Waals surface area contributed by atoms with Gasteiger partial charge in [-0.1, -0.05) is 59.3 Å². The van der Waals surface area contributed by atoms with Crippen molar-refractivity contribution in [1.29, 1.82) is 0 Å². The summed E-state index contributed by atoms with van der Waals surface area (Å²) >= 11 is 12.3. The Labute approximate surface area is 250 Å². The molecule has 4 rings (SSSR count). The smallest absolute Gasteiger partial charge is 0.870 e. The molecule has 0 heterocycles. The predicted molar refractivity (Wildman–Crippen MR) is 140 cm³/mol. The standard InChI is InChI=1S/C25H19Cl2N3O6S.Na/c1-13-10-15(26)12-19(24(13)37(33,34)35)29-30-22-16-7-4-3-6-14(16)11-17(23(22)31)25(32)28-18-8-5-9-20(36-2)21(18)27;/h3-12,31H,1-2H3,(H,28,32)(H,33,34,35);/q;+1/p-1. The summed E-state index contributed by atoms with van der Waals surface area (Å²) in [6.45, 7) is 1.43. The molecule has 0 aromatic heterocycles. The van der Waals surface area contributed by atoms with Crippen molar-refractivity contribution < 1.29 is 57.2 Å². The van der Waals surface area contributed by atoms with Crippen molar-refractivity contribution in [2.75, 3.05) is 12.4 Å². The van der Waals surface area contributed by atoms with Gasteiger partial charge in [0.25, 0.3) is 16.0 Å². The minimum Gasteiger partial charge on any atom is -0.870 e. The number of amides is 1. The zero-order valence-electron chi connectivity index (χ0n) is 20.3. The SMILES string of the molecule is COc1cccc(NC(=O)c2cc3ccccc3c(N=Nc3cc(Cl)cc(C)c3S(=O)(=O)O)c2[O-])c1Cl.[Na+]. The van der Waals surface area contributed by atoms with Gasteiger partial charge in [-0.25, -0.2) is 0 Å². The van der Waals surface area contributed by atoms with E-state index in [9.17, 15) is 22.9 Å². The number of hydrogen-bond donors (Lipinski definition) is 2. The summed E-state index contributed by atoms with van der Waals surface area (Å²) in [5.41, 5.74) is -0.356. The Bertz CT molecular complexity index is 1700. The van der Waals surface area contributed by atoms with Gasteiger partial charge in [0.05, 0.1) is 18.5 Å². The summed E-state index contributed by atoms with van der Waals surface area (Å²) in [5, 5.41) is 25.1. The molecule has 4 aromatic carbocycles. The van der Waals surface area contributed by atoms with Crippen LogP contribution < -0.4 is 44.7 Å². The normalized spacial score (nSPS) is 11.4. The van der Waals surface area contributed by atoms with Crippen LogP contribution in [-0.2, 0) is 10.1 Å². The summed E-state index contributed by atoms with van der Waals surface area (Å²) in [5.74, 6) is -1.17. The van der Waals surface area contributed by atoms with Crippen LogP contribution in [0.4, 0.5) is 17.1 Å². The van der Waals surface area contributed by atoms with Gasteiger partial charge in [-0.15, -0.1) is 5.11 Å². The van der Waals surface area contributed by atoms with Crippen LogP contribution in [0, 0.1) is 6.92 Å². The number of nitrogens with zero attached hydrogens (tertiary/aromatic N) is 2. The number of anilines is 1. The summed E-state index contributed by atoms with van der Waals surface area (Å²) in [4.78, 5) is 12.6. The number of azo groups is 1. The number of rotatable bonds is 6. The molecule has 0 aliphatic carbocycles. The van der Waals surface area contributed by atoms with E-state index in [1.165, 1.54) is 32.2 Å². The van der Waals surface area contributed by atoms with Crippen molar-refractivity contribution in [3.05, 3.63) is 81.8 Å². The third-order valence-corrected chi connectivity index (χ3v) is 7.04. The molecule has 0 spiro atoms. The van der Waals surface area contributed by atoms with E-state index in [4.69, 9.17) is 27.9 Å². The second kappa shape index (κ2) is 12.0. The molecule has 9 nitrogen and oxygen atoms in total. The third kappa shape index (κ3) is 6.13. The van der Waals surface area contributed by atoms with Crippen LogP contribution in [0.5, 0.6) is 11.5 Å². The van der Waals surface area contributed by atoms with Crippen LogP contribution in [0.3, 0.4) is 0 Å². The van der Waals surface area contributed by atoms with Crippen molar-refractivity contribution in [1.82, 2.24) is 0 Å². The molecule has 0 radical (unpaired) electrons. The van der Waals surface area contributed by atoms with Gasteiger partial charge in [0, 0.05) is 16.0 Å². The largest absolute Gasteiger partial charge is 1.00 e. The quantitative estimate of drug-likeness (QED) is 0.203. The Morgan fingerprint density at radius 1 is 1.05 bits per heavy atom. The number of fused-ring (bicyclic) bond motifs is 1. The van der Waals surface area contributed by atoms with E-state index in [-0.39, 0.29) is 67.8 Å². The molecular weight excluding hydrogens is 564 g/mol. The first kappa shape index (κ1) is 29.9. The fourth-order valence-corrected chi connectivity index (χ4v) is 5.11.